The fourth-order valence-electron chi connectivity index (χ4n) is 2.09. The van der Waals surface area contributed by atoms with Gasteiger partial charge in [-0.25, -0.2) is 4.39 Å². The maximum Gasteiger partial charge on any atom is 0.191 e. The van der Waals surface area contributed by atoms with E-state index >= 15 is 0 Å². The van der Waals surface area contributed by atoms with Gasteiger partial charge in [0.05, 0.1) is 13.2 Å². The van der Waals surface area contributed by atoms with Gasteiger partial charge < -0.3 is 15.4 Å². The third-order valence-electron chi connectivity index (χ3n) is 3.40. The van der Waals surface area contributed by atoms with E-state index in [0.29, 0.717) is 0 Å². The molecule has 0 saturated carbocycles. The van der Waals surface area contributed by atoms with Crippen molar-refractivity contribution in [2.24, 2.45) is 10.4 Å². The normalized spacial score (nSPS) is 17.4. The number of hydrogen-bond acceptors (Lipinski definition) is 2. The Kier molecular flexibility index (Phi) is 4.95. The van der Waals surface area contributed by atoms with Gasteiger partial charge in [-0.3, -0.25) is 4.99 Å². The van der Waals surface area contributed by atoms with E-state index in [-0.39, 0.29) is 11.2 Å². The van der Waals surface area contributed by atoms with E-state index < -0.39 is 0 Å². The highest BCUT2D eigenvalue weighted by Crippen LogP contribution is 2.24. The number of halogens is 1. The molecule has 2 rings (SSSR count). The van der Waals surface area contributed by atoms with Crippen LogP contribution in [0.4, 0.5) is 4.39 Å². The van der Waals surface area contributed by atoms with Crippen LogP contribution in [0.25, 0.3) is 0 Å². The average molecular weight is 279 g/mol. The molecular formula is C15H22FN3O. The minimum absolute atomic E-state index is 0.192. The minimum atomic E-state index is -0.192. The Bertz CT molecular complexity index is 472. The third-order valence-corrected chi connectivity index (χ3v) is 3.40. The molecule has 1 heterocycles. The number of nitrogens with zero attached hydrogens (tertiary/aromatic N) is 1. The quantitative estimate of drug-likeness (QED) is 0.635. The second-order valence-corrected chi connectivity index (χ2v) is 5.54. The Balaban J connectivity index is 1.71. The van der Waals surface area contributed by atoms with E-state index in [2.05, 4.69) is 22.5 Å². The first-order valence-electron chi connectivity index (χ1n) is 6.88. The summed E-state index contributed by atoms with van der Waals surface area (Å²) in [6.07, 6.45) is 0.763. The zero-order valence-corrected chi connectivity index (χ0v) is 12.1. The van der Waals surface area contributed by atoms with Crippen molar-refractivity contribution in [3.05, 3.63) is 35.6 Å². The molecule has 4 nitrogen and oxygen atoms in total. The molecule has 1 fully saturated rings. The predicted molar refractivity (Wildman–Crippen MR) is 78.4 cm³/mol. The van der Waals surface area contributed by atoms with Crippen LogP contribution in [0.15, 0.2) is 29.3 Å². The van der Waals surface area contributed by atoms with Gasteiger partial charge in [0.15, 0.2) is 5.96 Å². The van der Waals surface area contributed by atoms with Crippen LogP contribution in [0.3, 0.4) is 0 Å². The third kappa shape index (κ3) is 4.20. The zero-order chi connectivity index (χ0) is 14.4. The molecule has 1 aromatic carbocycles. The van der Waals surface area contributed by atoms with Crippen molar-refractivity contribution in [1.29, 1.82) is 0 Å². The smallest absolute Gasteiger partial charge is 0.191 e. The Morgan fingerprint density at radius 3 is 2.80 bits per heavy atom. The molecule has 1 aliphatic rings. The van der Waals surface area contributed by atoms with Gasteiger partial charge >= 0.3 is 0 Å². The molecule has 110 valence electrons. The van der Waals surface area contributed by atoms with Crippen LogP contribution >= 0.6 is 0 Å². The Labute approximate surface area is 119 Å². The summed E-state index contributed by atoms with van der Waals surface area (Å²) in [4.78, 5) is 4.18. The molecule has 20 heavy (non-hydrogen) atoms. The molecular weight excluding hydrogens is 257 g/mol. The summed E-state index contributed by atoms with van der Waals surface area (Å²) in [5, 5.41) is 6.53. The molecule has 1 aromatic rings. The molecule has 0 spiro atoms. The fourth-order valence-corrected chi connectivity index (χ4v) is 2.09. The van der Waals surface area contributed by atoms with Crippen molar-refractivity contribution in [2.75, 3.05) is 33.4 Å². The molecule has 5 heteroatoms. The lowest BCUT2D eigenvalue weighted by molar-refractivity contribution is -0.0971. The van der Waals surface area contributed by atoms with E-state index in [1.165, 1.54) is 6.07 Å². The predicted octanol–water partition coefficient (Wildman–Crippen LogP) is 1.57. The summed E-state index contributed by atoms with van der Waals surface area (Å²) in [6.45, 7) is 5.33. The fraction of sp³-hybridized carbons (Fsp3) is 0.533. The summed E-state index contributed by atoms with van der Waals surface area (Å²) in [6, 6.07) is 6.67. The summed E-state index contributed by atoms with van der Waals surface area (Å²) < 4.78 is 18.3. The van der Waals surface area contributed by atoms with Crippen LogP contribution in [0.5, 0.6) is 0 Å². The molecule has 0 radical (unpaired) electrons. The van der Waals surface area contributed by atoms with E-state index in [1.807, 2.05) is 6.07 Å². The van der Waals surface area contributed by atoms with Crippen molar-refractivity contribution in [3.63, 3.8) is 0 Å². The lowest BCUT2D eigenvalue weighted by Gasteiger charge is -2.38. The first-order chi connectivity index (χ1) is 9.61. The van der Waals surface area contributed by atoms with Crippen molar-refractivity contribution in [2.45, 2.75) is 13.3 Å². The Hall–Kier alpha value is -1.62. The number of benzene rings is 1. The molecule has 0 amide bonds. The molecule has 1 saturated heterocycles. The molecule has 0 aromatic heterocycles. The molecule has 0 aliphatic carbocycles. The Morgan fingerprint density at radius 2 is 2.20 bits per heavy atom. The minimum Gasteiger partial charge on any atom is -0.380 e. The zero-order valence-electron chi connectivity index (χ0n) is 12.1. The van der Waals surface area contributed by atoms with E-state index in [9.17, 15) is 4.39 Å². The molecule has 0 atom stereocenters. The number of rotatable bonds is 5. The van der Waals surface area contributed by atoms with Crippen molar-refractivity contribution in [3.8, 4) is 0 Å². The van der Waals surface area contributed by atoms with E-state index in [4.69, 9.17) is 4.74 Å². The summed E-state index contributed by atoms with van der Waals surface area (Å²) in [5.41, 5.74) is 1.19. The van der Waals surface area contributed by atoms with Crippen LogP contribution in [-0.4, -0.2) is 39.3 Å². The number of guanidine groups is 1. The maximum absolute atomic E-state index is 13.0. The lowest BCUT2D eigenvalue weighted by atomic mass is 9.89. The van der Waals surface area contributed by atoms with Crippen molar-refractivity contribution >= 4 is 5.96 Å². The van der Waals surface area contributed by atoms with Crippen molar-refractivity contribution < 1.29 is 9.13 Å². The second kappa shape index (κ2) is 6.70. The molecule has 0 bridgehead atoms. The first-order valence-corrected chi connectivity index (χ1v) is 6.88. The van der Waals surface area contributed by atoms with E-state index in [0.717, 1.165) is 44.2 Å². The molecule has 0 unspecified atom stereocenters. The second-order valence-electron chi connectivity index (χ2n) is 5.54. The van der Waals surface area contributed by atoms with Crippen LogP contribution in [0.2, 0.25) is 0 Å². The summed E-state index contributed by atoms with van der Waals surface area (Å²) in [7, 11) is 1.75. The van der Waals surface area contributed by atoms with Crippen LogP contribution in [0, 0.1) is 11.2 Å². The SMILES string of the molecule is CN=C(NCCc1cccc(F)c1)NCC1(C)COC1. The van der Waals surface area contributed by atoms with Crippen molar-refractivity contribution in [1.82, 2.24) is 10.6 Å². The topological polar surface area (TPSA) is 45.7 Å². The van der Waals surface area contributed by atoms with Gasteiger partial charge in [0.25, 0.3) is 0 Å². The summed E-state index contributed by atoms with van der Waals surface area (Å²) in [5.74, 6) is 0.581. The Morgan fingerprint density at radius 1 is 1.40 bits per heavy atom. The number of nitrogens with one attached hydrogen (secondary N) is 2. The van der Waals surface area contributed by atoms with Gasteiger partial charge in [-0.1, -0.05) is 19.1 Å². The van der Waals surface area contributed by atoms with Crippen LogP contribution < -0.4 is 10.6 Å². The lowest BCUT2D eigenvalue weighted by Crippen LogP contribution is -2.51. The first kappa shape index (κ1) is 14.8. The standard InChI is InChI=1S/C15H22FN3O/c1-15(10-20-11-15)9-19-14(17-2)18-7-6-12-4-3-5-13(16)8-12/h3-5,8H,6-7,9-11H2,1-2H3,(H2,17,18,19). The van der Waals surface area contributed by atoms with Gasteiger partial charge in [0.2, 0.25) is 0 Å². The van der Waals surface area contributed by atoms with E-state index in [1.54, 1.807) is 19.2 Å². The highest BCUT2D eigenvalue weighted by molar-refractivity contribution is 5.79. The summed E-state index contributed by atoms with van der Waals surface area (Å²) >= 11 is 0. The van der Waals surface area contributed by atoms with Crippen LogP contribution in [-0.2, 0) is 11.2 Å². The van der Waals surface area contributed by atoms with Gasteiger partial charge in [0, 0.05) is 25.6 Å². The van der Waals surface area contributed by atoms with Gasteiger partial charge in [-0.15, -0.1) is 0 Å². The number of hydrogen-bond donors (Lipinski definition) is 2. The van der Waals surface area contributed by atoms with Crippen LogP contribution in [0.1, 0.15) is 12.5 Å². The molecule has 1 aliphatic heterocycles. The molecule has 2 N–H and O–H groups in total. The highest BCUT2D eigenvalue weighted by Gasteiger charge is 2.33. The largest absolute Gasteiger partial charge is 0.380 e. The maximum atomic E-state index is 13.0. The number of aliphatic imine (C=N–C) groups is 1. The highest BCUT2D eigenvalue weighted by atomic mass is 19.1. The van der Waals surface area contributed by atoms with Gasteiger partial charge in [0.1, 0.15) is 5.82 Å². The van der Waals surface area contributed by atoms with Gasteiger partial charge in [-0.2, -0.15) is 0 Å². The van der Waals surface area contributed by atoms with Gasteiger partial charge in [-0.05, 0) is 24.1 Å². The number of ether oxygens (including phenoxy) is 1. The average Bonchev–Trinajstić information content (AvgIpc) is 2.40. The monoisotopic (exact) mass is 279 g/mol.